The van der Waals surface area contributed by atoms with Gasteiger partial charge in [0.15, 0.2) is 0 Å². The monoisotopic (exact) mass is 352 g/mol. The summed E-state index contributed by atoms with van der Waals surface area (Å²) in [7, 11) is -4.23. The van der Waals surface area contributed by atoms with Crippen molar-refractivity contribution in [1.29, 1.82) is 0 Å². The van der Waals surface area contributed by atoms with E-state index in [0.29, 0.717) is 18.4 Å². The molecule has 24 heavy (non-hydrogen) atoms. The quantitative estimate of drug-likeness (QED) is 0.854. The van der Waals surface area contributed by atoms with E-state index in [-0.39, 0.29) is 11.6 Å². The zero-order chi connectivity index (χ0) is 17.5. The molecule has 1 N–H and O–H groups in total. The third-order valence-electron chi connectivity index (χ3n) is 5.04. The van der Waals surface area contributed by atoms with Gasteiger partial charge in [-0.15, -0.1) is 0 Å². The smallest absolute Gasteiger partial charge is 0.265 e. The van der Waals surface area contributed by atoms with Crippen LogP contribution in [-0.2, 0) is 22.0 Å². The summed E-state index contributed by atoms with van der Waals surface area (Å²) in [5.41, 5.74) is 1.66. The number of aryl methyl sites for hydroxylation is 1. The Balaban J connectivity index is 2.14. The number of halogens is 2. The summed E-state index contributed by atoms with van der Waals surface area (Å²) in [6.07, 6.45) is 1.16. The molecular formula is C18H18F2O3S. The van der Waals surface area contributed by atoms with E-state index < -0.39 is 27.2 Å². The Bertz CT molecular complexity index is 862. The van der Waals surface area contributed by atoms with E-state index in [1.807, 2.05) is 6.92 Å². The van der Waals surface area contributed by atoms with E-state index in [9.17, 15) is 21.8 Å². The zero-order valence-corrected chi connectivity index (χ0v) is 14.0. The van der Waals surface area contributed by atoms with Crippen LogP contribution in [0.5, 0.6) is 0 Å². The summed E-state index contributed by atoms with van der Waals surface area (Å²) in [5, 5.41) is 0. The van der Waals surface area contributed by atoms with Crippen LogP contribution in [-0.4, -0.2) is 18.7 Å². The van der Waals surface area contributed by atoms with Crippen LogP contribution in [0.15, 0.2) is 42.5 Å². The molecule has 0 radical (unpaired) electrons. The molecule has 0 heterocycles. The molecule has 1 aliphatic rings. The van der Waals surface area contributed by atoms with Gasteiger partial charge in [0.25, 0.3) is 10.1 Å². The van der Waals surface area contributed by atoms with Gasteiger partial charge >= 0.3 is 0 Å². The summed E-state index contributed by atoms with van der Waals surface area (Å²) < 4.78 is 59.3. The van der Waals surface area contributed by atoms with Crippen molar-refractivity contribution in [1.82, 2.24) is 0 Å². The predicted octanol–water partition coefficient (Wildman–Crippen LogP) is 3.84. The summed E-state index contributed by atoms with van der Waals surface area (Å²) in [6, 6.07) is 10.3. The number of hydrogen-bond donors (Lipinski definition) is 1. The molecule has 6 heteroatoms. The molecule has 3 nitrogen and oxygen atoms in total. The molecule has 2 aromatic rings. The topological polar surface area (TPSA) is 54.4 Å². The first-order valence-corrected chi connectivity index (χ1v) is 9.29. The van der Waals surface area contributed by atoms with Crippen LogP contribution in [0, 0.1) is 11.6 Å². The van der Waals surface area contributed by atoms with Crippen LogP contribution in [0.25, 0.3) is 0 Å². The third kappa shape index (κ3) is 3.21. The molecule has 128 valence electrons. The summed E-state index contributed by atoms with van der Waals surface area (Å²) in [5.74, 6) is -1.74. The molecule has 2 atom stereocenters. The summed E-state index contributed by atoms with van der Waals surface area (Å²) in [4.78, 5) is 0. The first kappa shape index (κ1) is 17.0. The Hall–Kier alpha value is -1.79. The standard InChI is InChI=1S/C18H18F2O3S/c1-18(13-2-4-14(19)5-3-13)9-8-12-10-15(20)6-7-16(12)17(18)11-24(21,22)23/h2-7,10,17H,8-9,11H2,1H3,(H,21,22,23). The summed E-state index contributed by atoms with van der Waals surface area (Å²) >= 11 is 0. The zero-order valence-electron chi connectivity index (χ0n) is 13.2. The normalized spacial score (nSPS) is 23.8. The van der Waals surface area contributed by atoms with Gasteiger partial charge in [-0.3, -0.25) is 4.55 Å². The Morgan fingerprint density at radius 1 is 1.12 bits per heavy atom. The fourth-order valence-corrected chi connectivity index (χ4v) is 4.67. The molecular weight excluding hydrogens is 334 g/mol. The van der Waals surface area contributed by atoms with Gasteiger partial charge in [-0.05, 0) is 53.8 Å². The van der Waals surface area contributed by atoms with Crippen molar-refractivity contribution in [2.75, 3.05) is 5.75 Å². The lowest BCUT2D eigenvalue weighted by Gasteiger charge is -2.43. The Kier molecular flexibility index (Phi) is 4.21. The average molecular weight is 352 g/mol. The van der Waals surface area contributed by atoms with Crippen molar-refractivity contribution in [3.05, 3.63) is 70.8 Å². The molecule has 0 aliphatic heterocycles. The van der Waals surface area contributed by atoms with Gasteiger partial charge in [0.1, 0.15) is 11.6 Å². The highest BCUT2D eigenvalue weighted by atomic mass is 32.2. The van der Waals surface area contributed by atoms with Gasteiger partial charge in [-0.2, -0.15) is 8.42 Å². The second-order valence-electron chi connectivity index (χ2n) is 6.57. The average Bonchev–Trinajstić information content (AvgIpc) is 2.50. The lowest BCUT2D eigenvalue weighted by molar-refractivity contribution is 0.338. The first-order valence-electron chi connectivity index (χ1n) is 7.68. The summed E-state index contributed by atoms with van der Waals surface area (Å²) in [6.45, 7) is 1.91. The van der Waals surface area contributed by atoms with E-state index in [4.69, 9.17) is 0 Å². The van der Waals surface area contributed by atoms with Gasteiger partial charge in [0, 0.05) is 11.3 Å². The van der Waals surface area contributed by atoms with Crippen LogP contribution in [0.3, 0.4) is 0 Å². The van der Waals surface area contributed by atoms with Gasteiger partial charge < -0.3 is 0 Å². The van der Waals surface area contributed by atoms with E-state index in [2.05, 4.69) is 0 Å². The van der Waals surface area contributed by atoms with Crippen LogP contribution in [0.1, 0.15) is 36.0 Å². The van der Waals surface area contributed by atoms with E-state index >= 15 is 0 Å². The molecule has 0 saturated heterocycles. The highest BCUT2D eigenvalue weighted by Gasteiger charge is 2.42. The lowest BCUT2D eigenvalue weighted by atomic mass is 9.62. The molecule has 1 aliphatic carbocycles. The second-order valence-corrected chi connectivity index (χ2v) is 8.07. The fourth-order valence-electron chi connectivity index (χ4n) is 3.70. The molecule has 0 bridgehead atoms. The molecule has 0 spiro atoms. The third-order valence-corrected chi connectivity index (χ3v) is 5.80. The van der Waals surface area contributed by atoms with E-state index in [0.717, 1.165) is 11.1 Å². The SMILES string of the molecule is CC1(c2ccc(F)cc2)CCc2cc(F)ccc2C1CS(=O)(=O)O. The lowest BCUT2D eigenvalue weighted by Crippen LogP contribution is -2.39. The van der Waals surface area contributed by atoms with Crippen molar-refractivity contribution >= 4 is 10.1 Å². The predicted molar refractivity (Wildman–Crippen MR) is 87.6 cm³/mol. The van der Waals surface area contributed by atoms with Gasteiger partial charge in [0.2, 0.25) is 0 Å². The molecule has 0 amide bonds. The minimum atomic E-state index is -4.23. The number of hydrogen-bond acceptors (Lipinski definition) is 2. The molecule has 2 unspecified atom stereocenters. The minimum absolute atomic E-state index is 0.369. The van der Waals surface area contributed by atoms with Crippen LogP contribution in [0.4, 0.5) is 8.78 Å². The van der Waals surface area contributed by atoms with Crippen molar-refractivity contribution in [2.45, 2.75) is 31.1 Å². The maximum Gasteiger partial charge on any atom is 0.265 e. The molecule has 0 aromatic heterocycles. The first-order chi connectivity index (χ1) is 11.2. The molecule has 3 rings (SSSR count). The largest absolute Gasteiger partial charge is 0.286 e. The van der Waals surface area contributed by atoms with Crippen molar-refractivity contribution in [3.63, 3.8) is 0 Å². The van der Waals surface area contributed by atoms with Gasteiger partial charge in [-0.1, -0.05) is 25.1 Å². The minimum Gasteiger partial charge on any atom is -0.286 e. The van der Waals surface area contributed by atoms with Crippen LogP contribution in [0.2, 0.25) is 0 Å². The fraction of sp³-hybridized carbons (Fsp3) is 0.333. The maximum atomic E-state index is 13.5. The van der Waals surface area contributed by atoms with Crippen molar-refractivity contribution in [3.8, 4) is 0 Å². The van der Waals surface area contributed by atoms with E-state index in [1.54, 1.807) is 18.2 Å². The highest BCUT2D eigenvalue weighted by molar-refractivity contribution is 7.85. The number of benzene rings is 2. The van der Waals surface area contributed by atoms with Gasteiger partial charge in [0.05, 0.1) is 5.75 Å². The number of rotatable bonds is 3. The van der Waals surface area contributed by atoms with E-state index in [1.165, 1.54) is 24.3 Å². The number of fused-ring (bicyclic) bond motifs is 1. The van der Waals surface area contributed by atoms with Gasteiger partial charge in [-0.25, -0.2) is 8.78 Å². The molecule has 2 aromatic carbocycles. The molecule has 0 saturated carbocycles. The Morgan fingerprint density at radius 3 is 2.38 bits per heavy atom. The Morgan fingerprint density at radius 2 is 1.75 bits per heavy atom. The molecule has 0 fully saturated rings. The Labute approximate surface area is 140 Å². The van der Waals surface area contributed by atoms with Crippen LogP contribution < -0.4 is 0 Å². The van der Waals surface area contributed by atoms with Crippen LogP contribution >= 0.6 is 0 Å². The van der Waals surface area contributed by atoms with Crippen molar-refractivity contribution in [2.24, 2.45) is 0 Å². The second kappa shape index (κ2) is 5.93. The van der Waals surface area contributed by atoms with Crippen molar-refractivity contribution < 1.29 is 21.8 Å². The highest BCUT2D eigenvalue weighted by Crippen LogP contribution is 2.48. The maximum absolute atomic E-state index is 13.5.